The van der Waals surface area contributed by atoms with Crippen LogP contribution in [0.4, 0.5) is 0 Å². The molecule has 3 nitrogen and oxygen atoms in total. The first-order chi connectivity index (χ1) is 14.7. The predicted molar refractivity (Wildman–Crippen MR) is 130 cm³/mol. The van der Waals surface area contributed by atoms with Crippen LogP contribution in [-0.4, -0.2) is 23.8 Å². The Morgan fingerprint density at radius 2 is 1.17 bits per heavy atom. The molecule has 0 unspecified atom stereocenters. The van der Waals surface area contributed by atoms with Crippen molar-refractivity contribution in [3.63, 3.8) is 0 Å². The van der Waals surface area contributed by atoms with Crippen LogP contribution < -0.4 is 0 Å². The summed E-state index contributed by atoms with van der Waals surface area (Å²) in [7, 11) is 0. The van der Waals surface area contributed by atoms with Crippen molar-refractivity contribution in [2.75, 3.05) is 6.61 Å². The highest BCUT2D eigenvalue weighted by Crippen LogP contribution is 2.12. The summed E-state index contributed by atoms with van der Waals surface area (Å²) >= 11 is 0. The minimum atomic E-state index is -0.278. The van der Waals surface area contributed by atoms with E-state index in [0.29, 0.717) is 19.4 Å². The quantitative estimate of drug-likeness (QED) is 0.102. The highest BCUT2D eigenvalue weighted by Gasteiger charge is 2.02. The molecule has 0 aliphatic heterocycles. The highest BCUT2D eigenvalue weighted by molar-refractivity contribution is 5.71. The summed E-state index contributed by atoms with van der Waals surface area (Å²) in [5, 5.41) is 9.89. The molecule has 0 saturated carbocycles. The van der Waals surface area contributed by atoms with Crippen LogP contribution in [0, 0.1) is 0 Å². The van der Waals surface area contributed by atoms with Gasteiger partial charge in [0.15, 0.2) is 0 Å². The van der Waals surface area contributed by atoms with Gasteiger partial charge >= 0.3 is 5.97 Å². The number of hydrogen-bond acceptors (Lipinski definition) is 3. The van der Waals surface area contributed by atoms with Gasteiger partial charge in [-0.25, -0.2) is 0 Å². The van der Waals surface area contributed by atoms with Crippen molar-refractivity contribution in [2.45, 2.75) is 148 Å². The summed E-state index contributed by atoms with van der Waals surface area (Å²) in [6.45, 7) is 5.01. The van der Waals surface area contributed by atoms with E-state index in [2.05, 4.69) is 13.8 Å². The lowest BCUT2D eigenvalue weighted by Gasteiger charge is -2.07. The van der Waals surface area contributed by atoms with Gasteiger partial charge in [-0.2, -0.15) is 0 Å². The molecular formula is C27H52O3. The van der Waals surface area contributed by atoms with E-state index >= 15 is 0 Å². The van der Waals surface area contributed by atoms with Crippen molar-refractivity contribution in [1.82, 2.24) is 0 Å². The third kappa shape index (κ3) is 23.4. The SMILES string of the molecule is CCCCCCCCCCCCCCCOC(=O)C/C=C/C[C@@H](O)CCCCCC. The van der Waals surface area contributed by atoms with E-state index in [1.807, 2.05) is 12.2 Å². The summed E-state index contributed by atoms with van der Waals surface area (Å²) in [4.78, 5) is 11.7. The predicted octanol–water partition coefficient (Wildman–Crippen LogP) is 8.29. The monoisotopic (exact) mass is 424 g/mol. The summed E-state index contributed by atoms with van der Waals surface area (Å²) in [5.74, 6) is -0.150. The number of esters is 1. The maximum absolute atomic E-state index is 11.7. The van der Waals surface area contributed by atoms with Crippen molar-refractivity contribution < 1.29 is 14.6 Å². The van der Waals surface area contributed by atoms with Crippen molar-refractivity contribution in [1.29, 1.82) is 0 Å². The molecule has 0 amide bonds. The van der Waals surface area contributed by atoms with Crippen LogP contribution >= 0.6 is 0 Å². The summed E-state index contributed by atoms with van der Waals surface area (Å²) in [6, 6.07) is 0. The topological polar surface area (TPSA) is 46.5 Å². The zero-order valence-electron chi connectivity index (χ0n) is 20.3. The zero-order chi connectivity index (χ0) is 22.1. The molecule has 1 N–H and O–H groups in total. The van der Waals surface area contributed by atoms with Gasteiger partial charge in [0.25, 0.3) is 0 Å². The zero-order valence-corrected chi connectivity index (χ0v) is 20.3. The normalized spacial score (nSPS) is 12.5. The molecule has 0 aliphatic rings. The molecule has 0 aromatic rings. The van der Waals surface area contributed by atoms with Crippen LogP contribution in [0.3, 0.4) is 0 Å². The summed E-state index contributed by atoms with van der Waals surface area (Å²) in [6.07, 6.45) is 27.2. The number of carbonyl (C=O) groups is 1. The second kappa shape index (κ2) is 24.4. The van der Waals surface area contributed by atoms with Crippen molar-refractivity contribution in [2.24, 2.45) is 0 Å². The Hall–Kier alpha value is -0.830. The Morgan fingerprint density at radius 1 is 0.700 bits per heavy atom. The number of unbranched alkanes of at least 4 members (excludes halogenated alkanes) is 15. The molecule has 178 valence electrons. The van der Waals surface area contributed by atoms with Gasteiger partial charge in [0, 0.05) is 0 Å². The Morgan fingerprint density at radius 3 is 1.70 bits per heavy atom. The van der Waals surface area contributed by atoms with E-state index in [-0.39, 0.29) is 12.1 Å². The van der Waals surface area contributed by atoms with E-state index in [4.69, 9.17) is 4.74 Å². The maximum Gasteiger partial charge on any atom is 0.309 e. The first-order valence-corrected chi connectivity index (χ1v) is 13.2. The van der Waals surface area contributed by atoms with Crippen molar-refractivity contribution in [3.8, 4) is 0 Å². The Labute approximate surface area is 188 Å². The molecule has 0 rings (SSSR count). The average molecular weight is 425 g/mol. The second-order valence-electron chi connectivity index (χ2n) is 8.88. The lowest BCUT2D eigenvalue weighted by atomic mass is 10.0. The molecule has 30 heavy (non-hydrogen) atoms. The fourth-order valence-corrected chi connectivity index (χ4v) is 3.72. The third-order valence-electron chi connectivity index (χ3n) is 5.76. The molecule has 0 heterocycles. The van der Waals surface area contributed by atoms with E-state index in [9.17, 15) is 9.90 Å². The molecule has 0 bridgehead atoms. The summed E-state index contributed by atoms with van der Waals surface area (Å²) < 4.78 is 5.29. The Bertz CT molecular complexity index is 378. The molecule has 0 aliphatic carbocycles. The Kier molecular flexibility index (Phi) is 23.8. The molecule has 0 saturated heterocycles. The van der Waals surface area contributed by atoms with Crippen LogP contribution in [0.1, 0.15) is 142 Å². The molecular weight excluding hydrogens is 372 g/mol. The van der Waals surface area contributed by atoms with Crippen molar-refractivity contribution in [3.05, 3.63) is 12.2 Å². The van der Waals surface area contributed by atoms with Crippen LogP contribution in [0.25, 0.3) is 0 Å². The third-order valence-corrected chi connectivity index (χ3v) is 5.76. The van der Waals surface area contributed by atoms with Crippen LogP contribution in [0.5, 0.6) is 0 Å². The first-order valence-electron chi connectivity index (χ1n) is 13.2. The maximum atomic E-state index is 11.7. The number of aliphatic hydroxyl groups excluding tert-OH is 1. The minimum Gasteiger partial charge on any atom is -0.465 e. The molecule has 0 fully saturated rings. The summed E-state index contributed by atoms with van der Waals surface area (Å²) in [5.41, 5.74) is 0. The van der Waals surface area contributed by atoms with E-state index < -0.39 is 0 Å². The average Bonchev–Trinajstić information content (AvgIpc) is 2.74. The molecule has 0 aromatic carbocycles. The molecule has 0 radical (unpaired) electrons. The number of hydrogen-bond donors (Lipinski definition) is 1. The van der Waals surface area contributed by atoms with Gasteiger partial charge in [-0.3, -0.25) is 4.79 Å². The van der Waals surface area contributed by atoms with Crippen LogP contribution in [-0.2, 0) is 9.53 Å². The molecule has 0 spiro atoms. The Balaban J connectivity index is 3.31. The van der Waals surface area contributed by atoms with Gasteiger partial charge in [-0.05, 0) is 19.3 Å². The lowest BCUT2D eigenvalue weighted by Crippen LogP contribution is -2.06. The highest BCUT2D eigenvalue weighted by atomic mass is 16.5. The van der Waals surface area contributed by atoms with E-state index in [1.54, 1.807) is 0 Å². The fourth-order valence-electron chi connectivity index (χ4n) is 3.72. The van der Waals surface area contributed by atoms with Gasteiger partial charge in [-0.15, -0.1) is 0 Å². The number of aliphatic hydroxyl groups is 1. The first kappa shape index (κ1) is 29.2. The van der Waals surface area contributed by atoms with Crippen molar-refractivity contribution >= 4 is 5.97 Å². The fraction of sp³-hybridized carbons (Fsp3) is 0.889. The molecule has 3 heteroatoms. The van der Waals surface area contributed by atoms with Gasteiger partial charge in [0.1, 0.15) is 0 Å². The van der Waals surface area contributed by atoms with E-state index in [0.717, 1.165) is 25.7 Å². The smallest absolute Gasteiger partial charge is 0.309 e. The second-order valence-corrected chi connectivity index (χ2v) is 8.88. The van der Waals surface area contributed by atoms with Crippen LogP contribution in [0.2, 0.25) is 0 Å². The number of rotatable bonds is 23. The number of ether oxygens (including phenoxy) is 1. The molecule has 0 aromatic heterocycles. The van der Waals surface area contributed by atoms with E-state index in [1.165, 1.54) is 89.9 Å². The van der Waals surface area contributed by atoms with Crippen LogP contribution in [0.15, 0.2) is 12.2 Å². The van der Waals surface area contributed by atoms with Gasteiger partial charge in [0.05, 0.1) is 19.1 Å². The standard InChI is InChI=1S/C27H52O3/c1-3-5-7-9-10-11-12-13-14-15-16-17-21-25-30-27(29)24-20-19-23-26(28)22-18-8-6-4-2/h19-20,26,28H,3-18,21-25H2,1-2H3/b20-19+/t26-/m0/s1. The van der Waals surface area contributed by atoms with Gasteiger partial charge < -0.3 is 9.84 Å². The largest absolute Gasteiger partial charge is 0.465 e. The minimum absolute atomic E-state index is 0.150. The molecule has 1 atom stereocenters. The number of carbonyl (C=O) groups excluding carboxylic acids is 1. The lowest BCUT2D eigenvalue weighted by molar-refractivity contribution is -0.142. The van der Waals surface area contributed by atoms with Gasteiger partial charge in [0.2, 0.25) is 0 Å². The van der Waals surface area contributed by atoms with Gasteiger partial charge in [-0.1, -0.05) is 129 Å².